The molecule has 3 N–H and O–H groups in total. The molecule has 2 unspecified atom stereocenters. The number of carbonyl (C=O) groups is 1. The number of nitrogens with zero attached hydrogens (tertiary/aromatic N) is 3. The fourth-order valence-electron chi connectivity index (χ4n) is 5.84. The van der Waals surface area contributed by atoms with Crippen molar-refractivity contribution in [3.05, 3.63) is 75.0 Å². The van der Waals surface area contributed by atoms with Crippen molar-refractivity contribution in [2.45, 2.75) is 70.4 Å². The van der Waals surface area contributed by atoms with E-state index < -0.39 is 0 Å². The minimum absolute atomic E-state index is 0.208. The van der Waals surface area contributed by atoms with Gasteiger partial charge in [-0.15, -0.1) is 0 Å². The van der Waals surface area contributed by atoms with Crippen LogP contribution >= 0.6 is 23.2 Å². The number of nitrogens with one attached hydrogen (secondary N) is 3. The van der Waals surface area contributed by atoms with E-state index in [0.29, 0.717) is 27.5 Å². The van der Waals surface area contributed by atoms with E-state index in [1.54, 1.807) is 12.1 Å². The Morgan fingerprint density at radius 3 is 2.71 bits per heavy atom. The molecule has 0 saturated carbocycles. The lowest BCUT2D eigenvalue weighted by molar-refractivity contribution is 0.0938. The number of halogens is 2. The summed E-state index contributed by atoms with van der Waals surface area (Å²) in [7, 11) is 0. The third kappa shape index (κ3) is 4.72. The van der Waals surface area contributed by atoms with E-state index in [1.807, 2.05) is 31.2 Å². The first-order valence-corrected chi connectivity index (χ1v) is 14.2. The molecule has 4 aromatic rings. The minimum Gasteiger partial charge on any atom is -0.342 e. The van der Waals surface area contributed by atoms with Crippen LogP contribution in [0.25, 0.3) is 16.7 Å². The number of imidazole rings is 2. The van der Waals surface area contributed by atoms with Crippen LogP contribution in [-0.4, -0.2) is 38.0 Å². The van der Waals surface area contributed by atoms with Crippen molar-refractivity contribution in [2.24, 2.45) is 0 Å². The summed E-state index contributed by atoms with van der Waals surface area (Å²) < 4.78 is 2.27. The minimum atomic E-state index is -0.320. The average Bonchev–Trinajstić information content (AvgIpc) is 3.66. The van der Waals surface area contributed by atoms with Crippen molar-refractivity contribution in [2.75, 3.05) is 6.54 Å². The molecular weight excluding hydrogens is 519 g/mol. The number of fused-ring (bicyclic) bond motifs is 2. The van der Waals surface area contributed by atoms with Crippen LogP contribution in [0, 0.1) is 0 Å². The summed E-state index contributed by atoms with van der Waals surface area (Å²) in [5, 5.41) is 7.85. The maximum Gasteiger partial charge on any atom is 0.251 e. The second-order valence-electron chi connectivity index (χ2n) is 10.5. The standard InChI is InChI=1S/C29H32Cl2N6O/c1-16(21-7-5-13-32-21)28-36-23-6-3-4-8-26(23)37(28)25-12-9-18(14-20(25)31)29(38)33-17(2)27-34-22-11-10-19(30)15-24(22)35-27/h9-12,14-17,21,32H,3-8,13H2,1-2H3,(H,33,38)(H,34,35)/t16?,17-,21?/m0/s1. The Balaban J connectivity index is 1.27. The monoisotopic (exact) mass is 550 g/mol. The van der Waals surface area contributed by atoms with E-state index in [2.05, 4.69) is 32.1 Å². The maximum atomic E-state index is 13.2. The summed E-state index contributed by atoms with van der Waals surface area (Å²) in [5.74, 6) is 1.79. The Bertz CT molecular complexity index is 1500. The van der Waals surface area contributed by atoms with Crippen molar-refractivity contribution < 1.29 is 4.79 Å². The first kappa shape index (κ1) is 25.4. The molecule has 2 aromatic carbocycles. The van der Waals surface area contributed by atoms with E-state index in [-0.39, 0.29) is 17.9 Å². The molecule has 3 heterocycles. The number of aromatic nitrogens is 4. The zero-order valence-corrected chi connectivity index (χ0v) is 23.2. The van der Waals surface area contributed by atoms with Gasteiger partial charge in [-0.3, -0.25) is 9.36 Å². The number of aryl methyl sites for hydroxylation is 1. The Morgan fingerprint density at radius 2 is 1.92 bits per heavy atom. The van der Waals surface area contributed by atoms with Gasteiger partial charge in [-0.2, -0.15) is 0 Å². The number of hydrogen-bond donors (Lipinski definition) is 3. The van der Waals surface area contributed by atoms with Gasteiger partial charge in [0.2, 0.25) is 0 Å². The largest absolute Gasteiger partial charge is 0.342 e. The number of amides is 1. The van der Waals surface area contributed by atoms with Crippen LogP contribution in [0.1, 0.15) is 84.9 Å². The number of benzene rings is 2. The quantitative estimate of drug-likeness (QED) is 0.263. The molecule has 9 heteroatoms. The second-order valence-corrected chi connectivity index (χ2v) is 11.4. The Morgan fingerprint density at radius 1 is 1.08 bits per heavy atom. The second kappa shape index (κ2) is 10.4. The molecule has 0 radical (unpaired) electrons. The highest BCUT2D eigenvalue weighted by Gasteiger charge is 2.30. The fourth-order valence-corrected chi connectivity index (χ4v) is 6.28. The molecular formula is C29H32Cl2N6O. The van der Waals surface area contributed by atoms with Crippen LogP contribution in [0.3, 0.4) is 0 Å². The smallest absolute Gasteiger partial charge is 0.251 e. The Labute approximate surface area is 232 Å². The van der Waals surface area contributed by atoms with E-state index in [9.17, 15) is 4.79 Å². The molecule has 0 spiro atoms. The molecule has 198 valence electrons. The zero-order chi connectivity index (χ0) is 26.4. The van der Waals surface area contributed by atoms with Crippen LogP contribution in [0.15, 0.2) is 36.4 Å². The van der Waals surface area contributed by atoms with Gasteiger partial charge in [-0.25, -0.2) is 9.97 Å². The number of rotatable bonds is 6. The van der Waals surface area contributed by atoms with Gasteiger partial charge in [0.05, 0.1) is 33.5 Å². The summed E-state index contributed by atoms with van der Waals surface area (Å²) in [4.78, 5) is 26.1. The lowest BCUT2D eigenvalue weighted by Gasteiger charge is -2.22. The first-order valence-electron chi connectivity index (χ1n) is 13.5. The van der Waals surface area contributed by atoms with Crippen LogP contribution in [-0.2, 0) is 12.8 Å². The molecule has 6 rings (SSSR count). The van der Waals surface area contributed by atoms with Crippen LogP contribution < -0.4 is 10.6 Å². The third-order valence-electron chi connectivity index (χ3n) is 7.94. The summed E-state index contributed by atoms with van der Waals surface area (Å²) in [6.45, 7) is 5.21. The average molecular weight is 552 g/mol. The predicted octanol–water partition coefficient (Wildman–Crippen LogP) is 6.28. The van der Waals surface area contributed by atoms with E-state index >= 15 is 0 Å². The highest BCUT2D eigenvalue weighted by molar-refractivity contribution is 6.32. The van der Waals surface area contributed by atoms with Gasteiger partial charge in [0, 0.05) is 28.2 Å². The van der Waals surface area contributed by atoms with E-state index in [0.717, 1.165) is 54.8 Å². The van der Waals surface area contributed by atoms with Gasteiger partial charge in [0.15, 0.2) is 0 Å². The van der Waals surface area contributed by atoms with Crippen LogP contribution in [0.5, 0.6) is 0 Å². The summed E-state index contributed by atoms with van der Waals surface area (Å²) in [5.41, 5.74) is 5.48. The van der Waals surface area contributed by atoms with Gasteiger partial charge in [0.1, 0.15) is 11.6 Å². The SMILES string of the molecule is CC(c1nc2c(n1-c1ccc(C(=O)N[C@@H](C)c3nc4ccc(Cl)cc4[nH]3)cc1Cl)CCCC2)C1CCCN1. The van der Waals surface area contributed by atoms with Crippen LogP contribution in [0.4, 0.5) is 0 Å². The van der Waals surface area contributed by atoms with Crippen molar-refractivity contribution in [1.82, 2.24) is 30.2 Å². The molecule has 1 aliphatic heterocycles. The Kier molecular flexibility index (Phi) is 6.93. The fraction of sp³-hybridized carbons (Fsp3) is 0.414. The molecule has 2 aliphatic rings. The molecule has 1 amide bonds. The van der Waals surface area contributed by atoms with Gasteiger partial charge in [0.25, 0.3) is 5.91 Å². The molecule has 2 aromatic heterocycles. The van der Waals surface area contributed by atoms with Gasteiger partial charge >= 0.3 is 0 Å². The predicted molar refractivity (Wildman–Crippen MR) is 152 cm³/mol. The molecule has 3 atom stereocenters. The van der Waals surface area contributed by atoms with Gasteiger partial charge in [-0.1, -0.05) is 30.1 Å². The van der Waals surface area contributed by atoms with E-state index in [1.165, 1.54) is 24.2 Å². The summed E-state index contributed by atoms with van der Waals surface area (Å²) >= 11 is 13.0. The van der Waals surface area contributed by atoms with Gasteiger partial charge < -0.3 is 15.6 Å². The van der Waals surface area contributed by atoms with E-state index in [4.69, 9.17) is 28.2 Å². The number of aromatic amines is 1. The van der Waals surface area contributed by atoms with Crippen molar-refractivity contribution in [1.29, 1.82) is 0 Å². The lowest BCUT2D eigenvalue weighted by Crippen LogP contribution is -2.29. The number of hydrogen-bond acceptors (Lipinski definition) is 4. The maximum absolute atomic E-state index is 13.2. The number of H-pyrrole nitrogens is 1. The molecule has 1 fully saturated rings. The molecule has 38 heavy (non-hydrogen) atoms. The zero-order valence-electron chi connectivity index (χ0n) is 21.7. The van der Waals surface area contributed by atoms with Crippen molar-refractivity contribution >= 4 is 40.1 Å². The highest BCUT2D eigenvalue weighted by atomic mass is 35.5. The molecule has 1 saturated heterocycles. The third-order valence-corrected chi connectivity index (χ3v) is 8.48. The topological polar surface area (TPSA) is 87.6 Å². The summed E-state index contributed by atoms with van der Waals surface area (Å²) in [6, 6.07) is 11.1. The molecule has 7 nitrogen and oxygen atoms in total. The first-order chi connectivity index (χ1) is 18.4. The number of carbonyl (C=O) groups excluding carboxylic acids is 1. The lowest BCUT2D eigenvalue weighted by atomic mass is 9.99. The molecule has 1 aliphatic carbocycles. The van der Waals surface area contributed by atoms with Gasteiger partial charge in [-0.05, 0) is 88.4 Å². The molecule has 0 bridgehead atoms. The normalized spacial score (nSPS) is 18.9. The van der Waals surface area contributed by atoms with Crippen molar-refractivity contribution in [3.8, 4) is 5.69 Å². The van der Waals surface area contributed by atoms with Crippen LogP contribution in [0.2, 0.25) is 10.0 Å². The Hall–Kier alpha value is -2.87. The summed E-state index contributed by atoms with van der Waals surface area (Å²) in [6.07, 6.45) is 6.67. The highest BCUT2D eigenvalue weighted by Crippen LogP contribution is 2.35. The van der Waals surface area contributed by atoms with Crippen molar-refractivity contribution in [3.63, 3.8) is 0 Å².